The first-order chi connectivity index (χ1) is 11.5. The highest BCUT2D eigenvalue weighted by Crippen LogP contribution is 2.27. The lowest BCUT2D eigenvalue weighted by Gasteiger charge is -2.07. The van der Waals surface area contributed by atoms with Crippen LogP contribution in [0, 0.1) is 0 Å². The molecule has 0 spiro atoms. The highest BCUT2D eigenvalue weighted by atomic mass is 79.9. The number of rotatable bonds is 6. The van der Waals surface area contributed by atoms with E-state index in [4.69, 9.17) is 9.26 Å². The third-order valence-electron chi connectivity index (χ3n) is 3.06. The molecule has 10 heteroatoms. The quantitative estimate of drug-likeness (QED) is 0.646. The topological polar surface area (TPSA) is 94.3 Å². The second-order valence-corrected chi connectivity index (χ2v) is 8.18. The number of hydrogen-bond acceptors (Lipinski definition) is 7. The molecule has 3 rings (SSSR count). The summed E-state index contributed by atoms with van der Waals surface area (Å²) in [4.78, 5) is 5.13. The standard InChI is InChI=1S/C14H12BrN3O4S2/c1-21-11-5-4-9(7-10(11)15)24(19,20)16-8-13-17-14(18-22-13)12-3-2-6-23-12/h2-7,16H,8H2,1H3. The molecule has 0 saturated carbocycles. The van der Waals surface area contributed by atoms with Crippen LogP contribution >= 0.6 is 27.3 Å². The molecule has 3 aromatic rings. The summed E-state index contributed by atoms with van der Waals surface area (Å²) in [7, 11) is -2.20. The van der Waals surface area contributed by atoms with Crippen LogP contribution in [0.1, 0.15) is 5.89 Å². The Hall–Kier alpha value is -1.75. The molecule has 1 aromatic carbocycles. The van der Waals surface area contributed by atoms with Gasteiger partial charge in [-0.15, -0.1) is 11.3 Å². The van der Waals surface area contributed by atoms with Gasteiger partial charge in [0.2, 0.25) is 21.7 Å². The lowest BCUT2D eigenvalue weighted by atomic mass is 10.3. The molecule has 7 nitrogen and oxygen atoms in total. The van der Waals surface area contributed by atoms with E-state index in [0.29, 0.717) is 16.0 Å². The number of hydrogen-bond donors (Lipinski definition) is 1. The number of methoxy groups -OCH3 is 1. The van der Waals surface area contributed by atoms with Crippen LogP contribution in [0.4, 0.5) is 0 Å². The maximum absolute atomic E-state index is 12.3. The molecule has 2 aromatic heterocycles. The molecule has 24 heavy (non-hydrogen) atoms. The van der Waals surface area contributed by atoms with Crippen molar-refractivity contribution < 1.29 is 17.7 Å². The van der Waals surface area contributed by atoms with E-state index in [1.165, 1.54) is 30.6 Å². The van der Waals surface area contributed by atoms with Gasteiger partial charge >= 0.3 is 0 Å². The molecule has 0 bridgehead atoms. The first kappa shape index (κ1) is 17.1. The molecule has 0 unspecified atom stereocenters. The Kier molecular flexibility index (Phi) is 4.99. The number of halogens is 1. The van der Waals surface area contributed by atoms with Gasteiger partial charge in [0.05, 0.1) is 27.9 Å². The lowest BCUT2D eigenvalue weighted by Crippen LogP contribution is -2.23. The predicted molar refractivity (Wildman–Crippen MR) is 92.3 cm³/mol. The number of nitrogens with zero attached hydrogens (tertiary/aromatic N) is 2. The highest BCUT2D eigenvalue weighted by Gasteiger charge is 2.18. The van der Waals surface area contributed by atoms with E-state index >= 15 is 0 Å². The van der Waals surface area contributed by atoms with Gasteiger partial charge in [-0.25, -0.2) is 13.1 Å². The van der Waals surface area contributed by atoms with Crippen molar-refractivity contribution in [2.45, 2.75) is 11.4 Å². The van der Waals surface area contributed by atoms with Gasteiger partial charge in [-0.1, -0.05) is 11.2 Å². The minimum absolute atomic E-state index is 0.0929. The lowest BCUT2D eigenvalue weighted by molar-refractivity contribution is 0.376. The molecule has 0 aliphatic heterocycles. The first-order valence-corrected chi connectivity index (χ1v) is 9.85. The van der Waals surface area contributed by atoms with Crippen molar-refractivity contribution in [1.82, 2.24) is 14.9 Å². The third-order valence-corrected chi connectivity index (χ3v) is 5.94. The van der Waals surface area contributed by atoms with Gasteiger partial charge in [0, 0.05) is 0 Å². The van der Waals surface area contributed by atoms with Crippen LogP contribution < -0.4 is 9.46 Å². The van der Waals surface area contributed by atoms with Crippen LogP contribution in [0.2, 0.25) is 0 Å². The summed E-state index contributed by atoms with van der Waals surface area (Å²) in [6.07, 6.45) is 0. The molecule has 0 amide bonds. The van der Waals surface area contributed by atoms with E-state index in [1.807, 2.05) is 17.5 Å². The van der Waals surface area contributed by atoms with Gasteiger partial charge in [0.15, 0.2) is 0 Å². The molecule has 2 heterocycles. The van der Waals surface area contributed by atoms with Crippen LogP contribution in [0.5, 0.6) is 5.75 Å². The Morgan fingerprint density at radius 2 is 2.21 bits per heavy atom. The minimum Gasteiger partial charge on any atom is -0.496 e. The summed E-state index contributed by atoms with van der Waals surface area (Å²) in [5, 5.41) is 5.73. The number of aromatic nitrogens is 2. The van der Waals surface area contributed by atoms with Crippen molar-refractivity contribution in [3.05, 3.63) is 46.1 Å². The Bertz CT molecular complexity index is 939. The molecule has 0 radical (unpaired) electrons. The smallest absolute Gasteiger partial charge is 0.242 e. The molecule has 1 N–H and O–H groups in total. The molecule has 0 aliphatic carbocycles. The second kappa shape index (κ2) is 7.01. The van der Waals surface area contributed by atoms with Gasteiger partial charge in [0.25, 0.3) is 0 Å². The summed E-state index contributed by atoms with van der Waals surface area (Å²) < 4.78 is 37.8. The number of nitrogens with one attached hydrogen (secondary N) is 1. The van der Waals surface area contributed by atoms with E-state index in [1.54, 1.807) is 6.07 Å². The molecular formula is C14H12BrN3O4S2. The number of thiophene rings is 1. The van der Waals surface area contributed by atoms with E-state index in [-0.39, 0.29) is 17.3 Å². The Morgan fingerprint density at radius 1 is 1.38 bits per heavy atom. The number of sulfonamides is 1. The van der Waals surface area contributed by atoms with Gasteiger partial charge < -0.3 is 9.26 Å². The van der Waals surface area contributed by atoms with Crippen molar-refractivity contribution in [1.29, 1.82) is 0 Å². The van der Waals surface area contributed by atoms with Crippen molar-refractivity contribution in [2.75, 3.05) is 7.11 Å². The van der Waals surface area contributed by atoms with E-state index in [2.05, 4.69) is 30.8 Å². The zero-order valence-corrected chi connectivity index (χ0v) is 15.6. The zero-order valence-electron chi connectivity index (χ0n) is 12.4. The van der Waals surface area contributed by atoms with Gasteiger partial charge in [-0.3, -0.25) is 0 Å². The van der Waals surface area contributed by atoms with E-state index in [9.17, 15) is 8.42 Å². The highest BCUT2D eigenvalue weighted by molar-refractivity contribution is 9.10. The van der Waals surface area contributed by atoms with Crippen LogP contribution in [0.3, 0.4) is 0 Å². The first-order valence-electron chi connectivity index (χ1n) is 6.69. The molecule has 0 saturated heterocycles. The average molecular weight is 430 g/mol. The van der Waals surface area contributed by atoms with Crippen molar-refractivity contribution >= 4 is 37.3 Å². The van der Waals surface area contributed by atoms with Crippen LogP contribution in [-0.2, 0) is 16.6 Å². The monoisotopic (exact) mass is 429 g/mol. The number of ether oxygens (including phenoxy) is 1. The van der Waals surface area contributed by atoms with Gasteiger partial charge in [0.1, 0.15) is 5.75 Å². The molecule has 0 fully saturated rings. The fraction of sp³-hybridized carbons (Fsp3) is 0.143. The summed E-state index contributed by atoms with van der Waals surface area (Å²) in [5.74, 6) is 1.17. The summed E-state index contributed by atoms with van der Waals surface area (Å²) in [5.41, 5.74) is 0. The Labute approximate surface area is 150 Å². The summed E-state index contributed by atoms with van der Waals surface area (Å²) in [6, 6.07) is 8.22. The summed E-state index contributed by atoms with van der Waals surface area (Å²) in [6.45, 7) is -0.0929. The van der Waals surface area contributed by atoms with Crippen LogP contribution in [0.25, 0.3) is 10.7 Å². The predicted octanol–water partition coefficient (Wildman–Crippen LogP) is 3.05. The SMILES string of the molecule is COc1ccc(S(=O)(=O)NCc2nc(-c3cccs3)no2)cc1Br. The maximum Gasteiger partial charge on any atom is 0.242 e. The Balaban J connectivity index is 1.72. The van der Waals surface area contributed by atoms with Crippen molar-refractivity contribution in [2.24, 2.45) is 0 Å². The normalized spacial score (nSPS) is 11.6. The molecule has 0 aliphatic rings. The van der Waals surface area contributed by atoms with Gasteiger partial charge in [-0.05, 0) is 45.6 Å². The molecular weight excluding hydrogens is 418 g/mol. The minimum atomic E-state index is -3.71. The maximum atomic E-state index is 12.3. The average Bonchev–Trinajstić information content (AvgIpc) is 3.24. The summed E-state index contributed by atoms with van der Waals surface area (Å²) >= 11 is 4.74. The van der Waals surface area contributed by atoms with Crippen molar-refractivity contribution in [3.8, 4) is 16.5 Å². The van der Waals surface area contributed by atoms with Crippen LogP contribution in [-0.4, -0.2) is 25.7 Å². The third kappa shape index (κ3) is 3.66. The fourth-order valence-corrected chi connectivity index (χ4v) is 4.23. The molecule has 126 valence electrons. The molecule has 0 atom stereocenters. The van der Waals surface area contributed by atoms with E-state index in [0.717, 1.165) is 4.88 Å². The largest absolute Gasteiger partial charge is 0.496 e. The fourth-order valence-electron chi connectivity index (χ4n) is 1.89. The van der Waals surface area contributed by atoms with Crippen molar-refractivity contribution in [3.63, 3.8) is 0 Å². The Morgan fingerprint density at radius 3 is 2.88 bits per heavy atom. The van der Waals surface area contributed by atoms with Crippen LogP contribution in [0.15, 0.2) is 49.6 Å². The van der Waals surface area contributed by atoms with E-state index < -0.39 is 10.0 Å². The second-order valence-electron chi connectivity index (χ2n) is 4.61. The van der Waals surface area contributed by atoms with Gasteiger partial charge in [-0.2, -0.15) is 4.98 Å². The number of benzene rings is 1. The zero-order chi connectivity index (χ0) is 17.2.